The summed E-state index contributed by atoms with van der Waals surface area (Å²) in [6.45, 7) is 5.19. The number of carbonyl (C=O) groups is 1. The van der Waals surface area contributed by atoms with Crippen LogP contribution in [0.4, 0.5) is 5.69 Å². The Balaban J connectivity index is 1.60. The molecule has 4 rings (SSSR count). The van der Waals surface area contributed by atoms with Crippen LogP contribution in [0.5, 0.6) is 0 Å². The van der Waals surface area contributed by atoms with E-state index in [4.69, 9.17) is 4.74 Å². The molecule has 9 nitrogen and oxygen atoms in total. The predicted octanol–water partition coefficient (Wildman–Crippen LogP) is 2.78. The third-order valence-corrected chi connectivity index (χ3v) is 5.62. The largest absolute Gasteiger partial charge is 0.376 e. The molecule has 0 bridgehead atoms. The van der Waals surface area contributed by atoms with Gasteiger partial charge in [-0.15, -0.1) is 0 Å². The average Bonchev–Trinajstić information content (AvgIpc) is 3.33. The van der Waals surface area contributed by atoms with E-state index in [-0.39, 0.29) is 35.0 Å². The number of aryl methyl sites for hydroxylation is 1. The van der Waals surface area contributed by atoms with Gasteiger partial charge in [0.15, 0.2) is 5.78 Å². The number of nitro benzene ring substituents is 1. The molecule has 0 amide bonds. The van der Waals surface area contributed by atoms with E-state index >= 15 is 0 Å². The van der Waals surface area contributed by atoms with Crippen LogP contribution in [0.2, 0.25) is 0 Å². The summed E-state index contributed by atoms with van der Waals surface area (Å²) in [5.41, 5.74) is 2.08. The molecule has 1 aliphatic heterocycles. The Morgan fingerprint density at radius 2 is 2.13 bits per heavy atom. The highest BCUT2D eigenvalue weighted by molar-refractivity contribution is 5.97. The van der Waals surface area contributed by atoms with Gasteiger partial charge in [0.2, 0.25) is 0 Å². The fourth-order valence-corrected chi connectivity index (χ4v) is 3.97. The summed E-state index contributed by atoms with van der Waals surface area (Å²) in [4.78, 5) is 40.2. The van der Waals surface area contributed by atoms with Crippen LogP contribution in [0.3, 0.4) is 0 Å². The number of benzene rings is 1. The molecule has 3 aromatic rings. The minimum Gasteiger partial charge on any atom is -0.376 e. The van der Waals surface area contributed by atoms with Crippen LogP contribution >= 0.6 is 0 Å². The Morgan fingerprint density at radius 1 is 1.33 bits per heavy atom. The summed E-state index contributed by atoms with van der Waals surface area (Å²) < 4.78 is 9.04. The van der Waals surface area contributed by atoms with E-state index in [1.807, 2.05) is 19.9 Å². The van der Waals surface area contributed by atoms with E-state index in [1.54, 1.807) is 0 Å². The van der Waals surface area contributed by atoms with Crippen molar-refractivity contribution in [3.63, 3.8) is 0 Å². The number of ketones is 1. The number of rotatable bonds is 6. The molecular formula is C21H22N4O5. The Labute approximate surface area is 172 Å². The van der Waals surface area contributed by atoms with Gasteiger partial charge >= 0.3 is 0 Å². The van der Waals surface area contributed by atoms with Crippen molar-refractivity contribution in [2.24, 2.45) is 0 Å². The third-order valence-electron chi connectivity index (χ3n) is 5.62. The minimum atomic E-state index is -0.539. The lowest BCUT2D eigenvalue weighted by atomic mass is 10.1. The summed E-state index contributed by atoms with van der Waals surface area (Å²) >= 11 is 0. The van der Waals surface area contributed by atoms with Gasteiger partial charge in [-0.05, 0) is 38.8 Å². The highest BCUT2D eigenvalue weighted by atomic mass is 16.6. The van der Waals surface area contributed by atoms with Gasteiger partial charge in [-0.25, -0.2) is 4.98 Å². The van der Waals surface area contributed by atoms with Gasteiger partial charge in [-0.2, -0.15) is 0 Å². The van der Waals surface area contributed by atoms with Crippen LogP contribution in [0, 0.1) is 24.0 Å². The van der Waals surface area contributed by atoms with E-state index in [0.29, 0.717) is 12.1 Å². The Kier molecular flexibility index (Phi) is 5.21. The number of hydrogen-bond donors (Lipinski definition) is 0. The SMILES string of the molecule is Cc1cc(C(=O)Cn2cnc3cc([N+](=O)[O-])ccc3c2=O)c(C)n1C[C@@H]1CCCO1. The van der Waals surface area contributed by atoms with E-state index in [2.05, 4.69) is 9.55 Å². The van der Waals surface area contributed by atoms with Gasteiger partial charge in [0.05, 0.1) is 34.8 Å². The number of nitrogens with zero attached hydrogens (tertiary/aromatic N) is 4. The van der Waals surface area contributed by atoms with Crippen molar-refractivity contribution in [3.05, 3.63) is 68.0 Å². The molecule has 1 atom stereocenters. The standard InChI is InChI=1S/C21H22N4O5/c1-13-8-18(14(2)24(13)10-16-4-3-7-30-16)20(26)11-23-12-22-19-9-15(25(28)29)5-6-17(19)21(23)27/h5-6,8-9,12,16H,3-4,7,10-11H2,1-2H3/t16-/m0/s1. The van der Waals surface area contributed by atoms with E-state index in [1.165, 1.54) is 29.1 Å². The second kappa shape index (κ2) is 7.83. The number of ether oxygens (including phenoxy) is 1. The number of hydrogen-bond acceptors (Lipinski definition) is 6. The number of aromatic nitrogens is 3. The van der Waals surface area contributed by atoms with E-state index in [9.17, 15) is 19.7 Å². The minimum absolute atomic E-state index is 0.137. The van der Waals surface area contributed by atoms with Gasteiger partial charge in [-0.3, -0.25) is 24.3 Å². The molecule has 0 aliphatic carbocycles. The number of nitro groups is 1. The molecule has 1 fully saturated rings. The number of fused-ring (bicyclic) bond motifs is 1. The molecule has 1 saturated heterocycles. The molecule has 2 aromatic heterocycles. The van der Waals surface area contributed by atoms with Crippen LogP contribution in [-0.4, -0.2) is 37.5 Å². The number of carbonyl (C=O) groups excluding carboxylic acids is 1. The maximum absolute atomic E-state index is 12.9. The molecular weight excluding hydrogens is 388 g/mol. The summed E-state index contributed by atoms with van der Waals surface area (Å²) in [7, 11) is 0. The second-order valence-electron chi connectivity index (χ2n) is 7.59. The van der Waals surface area contributed by atoms with E-state index < -0.39 is 10.5 Å². The van der Waals surface area contributed by atoms with Crippen molar-refractivity contribution < 1.29 is 14.5 Å². The highest BCUT2D eigenvalue weighted by Gasteiger charge is 2.21. The van der Waals surface area contributed by atoms with Crippen molar-refractivity contribution in [3.8, 4) is 0 Å². The molecule has 1 aliphatic rings. The smallest absolute Gasteiger partial charge is 0.271 e. The van der Waals surface area contributed by atoms with Crippen LogP contribution in [0.1, 0.15) is 34.6 Å². The van der Waals surface area contributed by atoms with Gasteiger partial charge in [0.1, 0.15) is 0 Å². The lowest BCUT2D eigenvalue weighted by Gasteiger charge is -2.15. The molecule has 3 heterocycles. The first-order valence-electron chi connectivity index (χ1n) is 9.80. The van der Waals surface area contributed by atoms with Crippen molar-refractivity contribution in [1.82, 2.24) is 14.1 Å². The molecule has 30 heavy (non-hydrogen) atoms. The van der Waals surface area contributed by atoms with Crippen LogP contribution in [-0.2, 0) is 17.8 Å². The van der Waals surface area contributed by atoms with E-state index in [0.717, 1.165) is 30.8 Å². The van der Waals surface area contributed by atoms with Crippen LogP contribution in [0.15, 0.2) is 35.4 Å². The zero-order valence-electron chi connectivity index (χ0n) is 16.8. The van der Waals surface area contributed by atoms with Crippen molar-refractivity contribution >= 4 is 22.4 Å². The zero-order valence-corrected chi connectivity index (χ0v) is 16.8. The maximum atomic E-state index is 12.9. The van der Waals surface area contributed by atoms with Crippen LogP contribution in [0.25, 0.3) is 10.9 Å². The Hall–Kier alpha value is -3.33. The fourth-order valence-electron chi connectivity index (χ4n) is 3.97. The lowest BCUT2D eigenvalue weighted by Crippen LogP contribution is -2.25. The summed E-state index contributed by atoms with van der Waals surface area (Å²) in [6, 6.07) is 5.73. The first-order valence-corrected chi connectivity index (χ1v) is 9.80. The van der Waals surface area contributed by atoms with Gasteiger partial charge < -0.3 is 9.30 Å². The predicted molar refractivity (Wildman–Crippen MR) is 110 cm³/mol. The molecule has 0 radical (unpaired) electrons. The second-order valence-corrected chi connectivity index (χ2v) is 7.59. The molecule has 0 unspecified atom stereocenters. The Bertz CT molecular complexity index is 1200. The normalized spacial score (nSPS) is 16.3. The molecule has 9 heteroatoms. The first kappa shape index (κ1) is 20.0. The number of non-ortho nitro benzene ring substituents is 1. The van der Waals surface area contributed by atoms with Crippen molar-refractivity contribution in [2.75, 3.05) is 6.61 Å². The number of Topliss-reactive ketones (excluding diaryl/α,β-unsaturated/α-hetero) is 1. The van der Waals surface area contributed by atoms with Gasteiger partial charge in [-0.1, -0.05) is 0 Å². The summed E-state index contributed by atoms with van der Waals surface area (Å²) in [5.74, 6) is -0.188. The Morgan fingerprint density at radius 3 is 2.83 bits per heavy atom. The molecule has 0 spiro atoms. The van der Waals surface area contributed by atoms with Crippen LogP contribution < -0.4 is 5.56 Å². The van der Waals surface area contributed by atoms with Crippen molar-refractivity contribution in [1.29, 1.82) is 0 Å². The zero-order chi connectivity index (χ0) is 21.4. The maximum Gasteiger partial charge on any atom is 0.271 e. The average molecular weight is 410 g/mol. The van der Waals surface area contributed by atoms with Gasteiger partial charge in [0, 0.05) is 42.2 Å². The fraction of sp³-hybridized carbons (Fsp3) is 0.381. The quantitative estimate of drug-likeness (QED) is 0.351. The van der Waals surface area contributed by atoms with Gasteiger partial charge in [0.25, 0.3) is 11.2 Å². The molecule has 0 saturated carbocycles. The summed E-state index contributed by atoms with van der Waals surface area (Å²) in [5, 5.41) is 11.1. The molecule has 1 aromatic carbocycles. The highest BCUT2D eigenvalue weighted by Crippen LogP contribution is 2.21. The summed E-state index contributed by atoms with van der Waals surface area (Å²) in [6.07, 6.45) is 3.49. The third kappa shape index (κ3) is 3.63. The molecule has 0 N–H and O–H groups in total. The van der Waals surface area contributed by atoms with Crippen molar-refractivity contribution in [2.45, 2.75) is 45.9 Å². The first-order chi connectivity index (χ1) is 14.3. The molecule has 156 valence electrons. The monoisotopic (exact) mass is 410 g/mol. The lowest BCUT2D eigenvalue weighted by molar-refractivity contribution is -0.384. The topological polar surface area (TPSA) is 109 Å².